The number of hydrogen-bond acceptors (Lipinski definition) is 0. The summed E-state index contributed by atoms with van der Waals surface area (Å²) in [5.41, 5.74) is 15.1. The number of fused-ring (bicyclic) bond motifs is 10. The number of aromatic nitrogens is 2. The number of rotatable bonds is 0. The molecule has 7 aromatic rings. The Morgan fingerprint density at radius 3 is 1.76 bits per heavy atom. The van der Waals surface area contributed by atoms with Crippen LogP contribution in [-0.4, -0.2) is 8.97 Å². The topological polar surface area (TPSA) is 9.34 Å². The third-order valence-corrected chi connectivity index (χ3v) is 9.82. The van der Waals surface area contributed by atoms with Crippen molar-refractivity contribution in [2.75, 3.05) is 0 Å². The third kappa shape index (κ3) is 1.96. The molecule has 0 fully saturated rings. The van der Waals surface area contributed by atoms with Crippen LogP contribution in [0, 0.1) is 0 Å². The first-order valence-corrected chi connectivity index (χ1v) is 13.4. The number of aryl methyl sites for hydroxylation is 1. The van der Waals surface area contributed by atoms with Crippen molar-refractivity contribution in [1.82, 2.24) is 8.97 Å². The van der Waals surface area contributed by atoms with E-state index in [-0.39, 0.29) is 10.8 Å². The Labute approximate surface area is 216 Å². The zero-order valence-corrected chi connectivity index (χ0v) is 21.9. The molecule has 2 heteroatoms. The SMILES string of the molecule is Cn1c2cccc3c4c(n5c6c(c7ccc1c(c32)c75)C(C)(C)c1ccccc1-6)-c1ccccc1C4(C)C. The Bertz CT molecular complexity index is 2140. The molecule has 0 radical (unpaired) electrons. The lowest BCUT2D eigenvalue weighted by Crippen LogP contribution is -2.15. The van der Waals surface area contributed by atoms with E-state index in [0.29, 0.717) is 0 Å². The lowest BCUT2D eigenvalue weighted by atomic mass is 9.80. The molecule has 0 saturated heterocycles. The number of hydrogen-bond donors (Lipinski definition) is 0. The van der Waals surface area contributed by atoms with Crippen molar-refractivity contribution in [3.05, 3.63) is 101 Å². The van der Waals surface area contributed by atoms with Gasteiger partial charge in [0, 0.05) is 50.7 Å². The average Bonchev–Trinajstić information content (AvgIpc) is 3.50. The zero-order chi connectivity index (χ0) is 25.0. The van der Waals surface area contributed by atoms with Crippen molar-refractivity contribution < 1.29 is 0 Å². The standard InChI is InChI=1S/C35H28N2/c1-34(2)23-14-8-6-11-19(23)32-29(34)21-13-10-16-25-27(21)28-26(36(25)5)18-17-22-30-33(37(32)31(22)28)20-12-7-9-15-24(20)35(30,3)4/h6-18H,1-5H3. The second-order valence-corrected chi connectivity index (χ2v) is 12.2. The summed E-state index contributed by atoms with van der Waals surface area (Å²) in [5, 5.41) is 5.58. The highest BCUT2D eigenvalue weighted by atomic mass is 15.0. The second-order valence-electron chi connectivity index (χ2n) is 12.2. The van der Waals surface area contributed by atoms with Crippen LogP contribution in [0.1, 0.15) is 49.9 Å². The first-order valence-electron chi connectivity index (χ1n) is 13.4. The Morgan fingerprint density at radius 1 is 0.541 bits per heavy atom. The van der Waals surface area contributed by atoms with E-state index in [9.17, 15) is 0 Å². The highest BCUT2D eigenvalue weighted by molar-refractivity contribution is 6.28. The van der Waals surface area contributed by atoms with Crippen LogP contribution < -0.4 is 0 Å². The van der Waals surface area contributed by atoms with E-state index in [0.717, 1.165) is 0 Å². The average molecular weight is 477 g/mol. The van der Waals surface area contributed by atoms with Crippen molar-refractivity contribution in [1.29, 1.82) is 0 Å². The second kappa shape index (κ2) is 5.92. The minimum atomic E-state index is -0.110. The van der Waals surface area contributed by atoms with Crippen molar-refractivity contribution in [3.8, 4) is 22.5 Å². The normalized spacial score (nSPS) is 16.7. The van der Waals surface area contributed by atoms with Gasteiger partial charge in [-0.2, -0.15) is 0 Å². The molecule has 4 aromatic carbocycles. The summed E-state index contributed by atoms with van der Waals surface area (Å²) >= 11 is 0. The minimum absolute atomic E-state index is 0.0654. The van der Waals surface area contributed by atoms with Gasteiger partial charge in [-0.05, 0) is 39.8 Å². The molecule has 37 heavy (non-hydrogen) atoms. The van der Waals surface area contributed by atoms with Gasteiger partial charge in [0.15, 0.2) is 0 Å². The maximum atomic E-state index is 2.68. The molecule has 0 amide bonds. The van der Waals surface area contributed by atoms with Crippen LogP contribution in [0.5, 0.6) is 0 Å². The summed E-state index contributed by atoms with van der Waals surface area (Å²) in [6, 6.07) is 29.9. The summed E-state index contributed by atoms with van der Waals surface area (Å²) in [4.78, 5) is 0. The summed E-state index contributed by atoms with van der Waals surface area (Å²) in [7, 11) is 2.23. The fourth-order valence-electron chi connectivity index (χ4n) is 8.29. The molecule has 2 aliphatic carbocycles. The first-order chi connectivity index (χ1) is 17.8. The van der Waals surface area contributed by atoms with E-state index in [1.165, 1.54) is 82.9 Å². The molecule has 3 aromatic heterocycles. The summed E-state index contributed by atoms with van der Waals surface area (Å²) in [6.07, 6.45) is 0. The molecule has 0 spiro atoms. The third-order valence-electron chi connectivity index (χ3n) is 9.82. The van der Waals surface area contributed by atoms with E-state index < -0.39 is 0 Å². The van der Waals surface area contributed by atoms with Crippen LogP contribution in [0.25, 0.3) is 60.6 Å². The molecule has 0 unspecified atom stereocenters. The van der Waals surface area contributed by atoms with Gasteiger partial charge >= 0.3 is 0 Å². The van der Waals surface area contributed by atoms with E-state index in [1.54, 1.807) is 0 Å². The van der Waals surface area contributed by atoms with Gasteiger partial charge in [0.1, 0.15) is 0 Å². The maximum Gasteiger partial charge on any atom is 0.0639 e. The number of benzene rings is 4. The predicted molar refractivity (Wildman–Crippen MR) is 155 cm³/mol. The van der Waals surface area contributed by atoms with Gasteiger partial charge in [0.25, 0.3) is 0 Å². The molecule has 0 aliphatic heterocycles. The summed E-state index contributed by atoms with van der Waals surface area (Å²) in [5.74, 6) is 0. The smallest absolute Gasteiger partial charge is 0.0639 e. The van der Waals surface area contributed by atoms with Crippen molar-refractivity contribution in [2.45, 2.75) is 38.5 Å². The van der Waals surface area contributed by atoms with Gasteiger partial charge < -0.3 is 8.97 Å². The van der Waals surface area contributed by atoms with Gasteiger partial charge in [-0.15, -0.1) is 0 Å². The van der Waals surface area contributed by atoms with Crippen LogP contribution in [0.15, 0.2) is 78.9 Å². The quantitative estimate of drug-likeness (QED) is 0.207. The van der Waals surface area contributed by atoms with E-state index in [4.69, 9.17) is 0 Å². The molecule has 0 saturated carbocycles. The highest BCUT2D eigenvalue weighted by Gasteiger charge is 2.44. The fourth-order valence-corrected chi connectivity index (χ4v) is 8.29. The van der Waals surface area contributed by atoms with Crippen LogP contribution in [0.4, 0.5) is 0 Å². The zero-order valence-electron chi connectivity index (χ0n) is 21.9. The van der Waals surface area contributed by atoms with Gasteiger partial charge in [-0.3, -0.25) is 0 Å². The molecule has 0 atom stereocenters. The summed E-state index contributed by atoms with van der Waals surface area (Å²) in [6.45, 7) is 9.66. The molecule has 178 valence electrons. The highest BCUT2D eigenvalue weighted by Crippen LogP contribution is 2.59. The molecular formula is C35H28N2. The molecule has 2 nitrogen and oxygen atoms in total. The van der Waals surface area contributed by atoms with Gasteiger partial charge in [0.05, 0.1) is 22.4 Å². The van der Waals surface area contributed by atoms with Gasteiger partial charge in [0.2, 0.25) is 0 Å². The summed E-state index contributed by atoms with van der Waals surface area (Å²) < 4.78 is 5.08. The van der Waals surface area contributed by atoms with Crippen LogP contribution in [0.2, 0.25) is 0 Å². The fraction of sp³-hybridized carbons (Fsp3) is 0.200. The molecule has 0 N–H and O–H groups in total. The molecule has 3 heterocycles. The molecular weight excluding hydrogens is 448 g/mol. The Hall–Kier alpha value is -4.04. The van der Waals surface area contributed by atoms with Crippen LogP contribution in [0.3, 0.4) is 0 Å². The Balaban J connectivity index is 1.72. The lowest BCUT2D eigenvalue weighted by Gasteiger charge is -2.22. The molecule has 0 bridgehead atoms. The monoisotopic (exact) mass is 476 g/mol. The van der Waals surface area contributed by atoms with E-state index >= 15 is 0 Å². The van der Waals surface area contributed by atoms with Crippen LogP contribution in [-0.2, 0) is 17.9 Å². The predicted octanol–water partition coefficient (Wildman–Crippen LogP) is 8.79. The van der Waals surface area contributed by atoms with Crippen molar-refractivity contribution in [3.63, 3.8) is 0 Å². The van der Waals surface area contributed by atoms with Crippen molar-refractivity contribution >= 4 is 38.1 Å². The van der Waals surface area contributed by atoms with E-state index in [1.807, 2.05) is 0 Å². The van der Waals surface area contributed by atoms with Gasteiger partial charge in [-0.1, -0.05) is 94.4 Å². The lowest BCUT2D eigenvalue weighted by molar-refractivity contribution is 0.664. The number of nitrogens with zero attached hydrogens (tertiary/aromatic N) is 2. The minimum Gasteiger partial charge on any atom is -0.344 e. The first kappa shape index (κ1) is 20.1. The Morgan fingerprint density at radius 2 is 1.11 bits per heavy atom. The largest absolute Gasteiger partial charge is 0.344 e. The molecule has 9 rings (SSSR count). The van der Waals surface area contributed by atoms with Crippen LogP contribution >= 0.6 is 0 Å². The Kier molecular flexibility index (Phi) is 3.21. The van der Waals surface area contributed by atoms with E-state index in [2.05, 4.69) is 123 Å². The molecule has 2 aliphatic rings. The van der Waals surface area contributed by atoms with Crippen molar-refractivity contribution in [2.24, 2.45) is 7.05 Å². The maximum absolute atomic E-state index is 2.68. The van der Waals surface area contributed by atoms with Gasteiger partial charge in [-0.25, -0.2) is 0 Å².